The van der Waals surface area contributed by atoms with Gasteiger partial charge in [0.15, 0.2) is 11.5 Å². The molecule has 0 saturated carbocycles. The summed E-state index contributed by atoms with van der Waals surface area (Å²) in [6.45, 7) is 1.38. The molecule has 0 aliphatic carbocycles. The molecule has 0 spiro atoms. The molecule has 78 valence electrons. The number of aromatic hydroxyl groups is 1. The van der Waals surface area contributed by atoms with Crippen LogP contribution in [0.2, 0.25) is 0 Å². The number of alkyl halides is 1. The fourth-order valence-electron chi connectivity index (χ4n) is 1.22. The van der Waals surface area contributed by atoms with Crippen molar-refractivity contribution in [2.45, 2.75) is 13.1 Å². The first-order valence-corrected chi connectivity index (χ1v) is 4.19. The van der Waals surface area contributed by atoms with E-state index in [0.717, 1.165) is 0 Å². The number of ether oxygens (including phenoxy) is 2. The lowest BCUT2D eigenvalue weighted by Crippen LogP contribution is -1.95. The van der Waals surface area contributed by atoms with Gasteiger partial charge in [-0.25, -0.2) is 4.39 Å². The van der Waals surface area contributed by atoms with Crippen molar-refractivity contribution in [3.05, 3.63) is 17.7 Å². The summed E-state index contributed by atoms with van der Waals surface area (Å²) >= 11 is 0. The summed E-state index contributed by atoms with van der Waals surface area (Å²) in [5.74, 6) is 0.550. The first-order chi connectivity index (χ1) is 6.60. The van der Waals surface area contributed by atoms with E-state index in [1.54, 1.807) is 0 Å². The molecule has 0 bridgehead atoms. The van der Waals surface area contributed by atoms with Crippen LogP contribution in [0.4, 0.5) is 4.39 Å². The van der Waals surface area contributed by atoms with Gasteiger partial charge < -0.3 is 14.6 Å². The lowest BCUT2D eigenvalue weighted by molar-refractivity contribution is 0.334. The number of hydrogen-bond acceptors (Lipinski definition) is 3. The van der Waals surface area contributed by atoms with Gasteiger partial charge in [0.05, 0.1) is 14.2 Å². The van der Waals surface area contributed by atoms with Gasteiger partial charge >= 0.3 is 0 Å². The van der Waals surface area contributed by atoms with Crippen molar-refractivity contribution in [2.24, 2.45) is 0 Å². The fourth-order valence-corrected chi connectivity index (χ4v) is 1.22. The van der Waals surface area contributed by atoms with Gasteiger partial charge in [0.25, 0.3) is 0 Å². The second-order valence-electron chi connectivity index (χ2n) is 2.88. The number of phenols is 1. The minimum Gasteiger partial charge on any atom is -0.504 e. The van der Waals surface area contributed by atoms with Crippen LogP contribution in [-0.2, 0) is 0 Å². The molecule has 14 heavy (non-hydrogen) atoms. The van der Waals surface area contributed by atoms with Crippen molar-refractivity contribution in [3.8, 4) is 17.2 Å². The molecule has 1 aromatic rings. The summed E-state index contributed by atoms with van der Waals surface area (Å²) in [4.78, 5) is 0. The Morgan fingerprint density at radius 1 is 1.21 bits per heavy atom. The third-order valence-electron chi connectivity index (χ3n) is 1.96. The SMILES string of the molecule is COc1cc(OC)c(C(C)F)cc1O. The van der Waals surface area contributed by atoms with Crippen LogP contribution in [0.3, 0.4) is 0 Å². The van der Waals surface area contributed by atoms with Gasteiger partial charge in [-0.05, 0) is 13.0 Å². The fraction of sp³-hybridized carbons (Fsp3) is 0.400. The molecule has 0 fully saturated rings. The van der Waals surface area contributed by atoms with E-state index in [0.29, 0.717) is 11.3 Å². The van der Waals surface area contributed by atoms with Crippen LogP contribution in [0.25, 0.3) is 0 Å². The minimum absolute atomic E-state index is 0.0900. The zero-order valence-corrected chi connectivity index (χ0v) is 8.37. The minimum atomic E-state index is -1.19. The average molecular weight is 200 g/mol. The van der Waals surface area contributed by atoms with Gasteiger partial charge in [-0.15, -0.1) is 0 Å². The van der Waals surface area contributed by atoms with E-state index in [9.17, 15) is 9.50 Å². The molecular formula is C10H13FO3. The molecule has 0 amide bonds. The van der Waals surface area contributed by atoms with Gasteiger partial charge in [-0.2, -0.15) is 0 Å². The molecule has 0 heterocycles. The van der Waals surface area contributed by atoms with Crippen LogP contribution in [0.5, 0.6) is 17.2 Å². The first-order valence-electron chi connectivity index (χ1n) is 4.19. The molecule has 1 N–H and O–H groups in total. The standard InChI is InChI=1S/C10H13FO3/c1-6(11)7-4-8(12)10(14-3)5-9(7)13-2/h4-6,12H,1-3H3. The van der Waals surface area contributed by atoms with Crippen molar-refractivity contribution in [1.29, 1.82) is 0 Å². The highest BCUT2D eigenvalue weighted by Crippen LogP contribution is 2.37. The van der Waals surface area contributed by atoms with Crippen LogP contribution < -0.4 is 9.47 Å². The van der Waals surface area contributed by atoms with Gasteiger partial charge in [0, 0.05) is 11.6 Å². The van der Waals surface area contributed by atoms with Crippen molar-refractivity contribution in [1.82, 2.24) is 0 Å². The Bertz CT molecular complexity index is 323. The highest BCUT2D eigenvalue weighted by atomic mass is 19.1. The van der Waals surface area contributed by atoms with Gasteiger partial charge in [0.2, 0.25) is 0 Å². The maximum Gasteiger partial charge on any atom is 0.164 e. The molecule has 3 nitrogen and oxygen atoms in total. The number of methoxy groups -OCH3 is 2. The number of phenolic OH excluding ortho intramolecular Hbond substituents is 1. The van der Waals surface area contributed by atoms with E-state index in [1.165, 1.54) is 33.3 Å². The predicted molar refractivity (Wildman–Crippen MR) is 50.7 cm³/mol. The van der Waals surface area contributed by atoms with Crippen molar-refractivity contribution >= 4 is 0 Å². The van der Waals surface area contributed by atoms with Gasteiger partial charge in [-0.1, -0.05) is 0 Å². The maximum absolute atomic E-state index is 13.1. The molecule has 0 aliphatic rings. The maximum atomic E-state index is 13.1. The van der Waals surface area contributed by atoms with Crippen LogP contribution in [0.1, 0.15) is 18.7 Å². The second kappa shape index (κ2) is 4.17. The molecule has 0 radical (unpaired) electrons. The van der Waals surface area contributed by atoms with Gasteiger partial charge in [-0.3, -0.25) is 0 Å². The van der Waals surface area contributed by atoms with Crippen molar-refractivity contribution in [3.63, 3.8) is 0 Å². The Kier molecular flexibility index (Phi) is 3.17. The quantitative estimate of drug-likeness (QED) is 0.814. The van der Waals surface area contributed by atoms with E-state index in [-0.39, 0.29) is 11.5 Å². The lowest BCUT2D eigenvalue weighted by Gasteiger charge is -2.12. The topological polar surface area (TPSA) is 38.7 Å². The van der Waals surface area contributed by atoms with E-state index in [1.807, 2.05) is 0 Å². The highest BCUT2D eigenvalue weighted by Gasteiger charge is 2.14. The number of rotatable bonds is 3. The smallest absolute Gasteiger partial charge is 0.164 e. The van der Waals surface area contributed by atoms with Gasteiger partial charge in [0.1, 0.15) is 11.9 Å². The Balaban J connectivity index is 3.24. The monoisotopic (exact) mass is 200 g/mol. The summed E-state index contributed by atoms with van der Waals surface area (Å²) < 4.78 is 22.9. The molecule has 1 unspecified atom stereocenters. The Morgan fingerprint density at radius 3 is 2.21 bits per heavy atom. The van der Waals surface area contributed by atoms with Crippen LogP contribution in [-0.4, -0.2) is 19.3 Å². The molecule has 0 saturated heterocycles. The Hall–Kier alpha value is -1.45. The molecular weight excluding hydrogens is 187 g/mol. The zero-order chi connectivity index (χ0) is 10.7. The number of halogens is 1. The summed E-state index contributed by atoms with van der Waals surface area (Å²) in [7, 11) is 2.87. The second-order valence-corrected chi connectivity index (χ2v) is 2.88. The van der Waals surface area contributed by atoms with Crippen LogP contribution in [0, 0.1) is 0 Å². The van der Waals surface area contributed by atoms with Crippen molar-refractivity contribution in [2.75, 3.05) is 14.2 Å². The van der Waals surface area contributed by atoms with E-state index >= 15 is 0 Å². The molecule has 0 aromatic heterocycles. The third kappa shape index (κ3) is 1.89. The molecule has 4 heteroatoms. The third-order valence-corrected chi connectivity index (χ3v) is 1.96. The molecule has 1 rings (SSSR count). The molecule has 0 aliphatic heterocycles. The van der Waals surface area contributed by atoms with Crippen LogP contribution in [0.15, 0.2) is 12.1 Å². The summed E-state index contributed by atoms with van der Waals surface area (Å²) in [5.41, 5.74) is 0.311. The Labute approximate surface area is 82.1 Å². The zero-order valence-electron chi connectivity index (χ0n) is 8.37. The summed E-state index contributed by atoms with van der Waals surface area (Å²) in [6.07, 6.45) is -1.19. The van der Waals surface area contributed by atoms with E-state index in [4.69, 9.17) is 9.47 Å². The summed E-state index contributed by atoms with van der Waals surface area (Å²) in [5, 5.41) is 9.41. The average Bonchev–Trinajstić information content (AvgIpc) is 2.17. The largest absolute Gasteiger partial charge is 0.504 e. The normalized spacial score (nSPS) is 12.3. The predicted octanol–water partition coefficient (Wildman–Crippen LogP) is 2.44. The summed E-state index contributed by atoms with van der Waals surface area (Å²) in [6, 6.07) is 2.77. The number of benzene rings is 1. The van der Waals surface area contributed by atoms with E-state index < -0.39 is 6.17 Å². The highest BCUT2D eigenvalue weighted by molar-refractivity contribution is 5.50. The number of hydrogen-bond donors (Lipinski definition) is 1. The van der Waals surface area contributed by atoms with E-state index in [2.05, 4.69) is 0 Å². The van der Waals surface area contributed by atoms with Crippen LogP contribution >= 0.6 is 0 Å². The lowest BCUT2D eigenvalue weighted by atomic mass is 10.1. The molecule has 1 atom stereocenters. The molecule has 1 aromatic carbocycles. The first kappa shape index (κ1) is 10.6. The Morgan fingerprint density at radius 2 is 1.79 bits per heavy atom. The van der Waals surface area contributed by atoms with Crippen molar-refractivity contribution < 1.29 is 19.0 Å².